The number of carbonyl (C=O) groups is 1. The van der Waals surface area contributed by atoms with E-state index in [4.69, 9.17) is 9.47 Å². The molecule has 0 saturated carbocycles. The van der Waals surface area contributed by atoms with Crippen molar-refractivity contribution in [3.8, 4) is 0 Å². The van der Waals surface area contributed by atoms with E-state index in [0.717, 1.165) is 18.4 Å². The Labute approximate surface area is 119 Å². The second kappa shape index (κ2) is 9.44. The molecule has 5 heteroatoms. The molecule has 1 amide bonds. The number of unbranched alkanes of at least 4 members (excludes halogenated alkanes) is 1. The summed E-state index contributed by atoms with van der Waals surface area (Å²) in [7, 11) is 1.63. The summed E-state index contributed by atoms with van der Waals surface area (Å²) in [4.78, 5) is 11.8. The van der Waals surface area contributed by atoms with Crippen LogP contribution >= 0.6 is 0 Å². The summed E-state index contributed by atoms with van der Waals surface area (Å²) in [6.07, 6.45) is 1.65. The van der Waals surface area contributed by atoms with Gasteiger partial charge in [-0.05, 0) is 37.5 Å². The summed E-state index contributed by atoms with van der Waals surface area (Å²) in [5.41, 5.74) is 0.888. The Kier molecular flexibility index (Phi) is 7.84. The van der Waals surface area contributed by atoms with Crippen LogP contribution in [0.4, 0.5) is 4.39 Å². The van der Waals surface area contributed by atoms with Gasteiger partial charge in [0.2, 0.25) is 0 Å². The van der Waals surface area contributed by atoms with Crippen molar-refractivity contribution < 1.29 is 18.7 Å². The van der Waals surface area contributed by atoms with E-state index in [1.54, 1.807) is 20.1 Å². The van der Waals surface area contributed by atoms with Gasteiger partial charge in [0, 0.05) is 20.3 Å². The first kappa shape index (κ1) is 16.6. The largest absolute Gasteiger partial charge is 0.382 e. The fraction of sp³-hybridized carbons (Fsp3) is 0.533. The predicted octanol–water partition coefficient (Wildman–Crippen LogP) is 2.31. The number of hydrogen-bond acceptors (Lipinski definition) is 3. The second-order valence-corrected chi connectivity index (χ2v) is 4.55. The lowest BCUT2D eigenvalue weighted by atomic mass is 10.1. The molecule has 1 N–H and O–H groups in total. The van der Waals surface area contributed by atoms with Gasteiger partial charge in [0.15, 0.2) is 0 Å². The maximum Gasteiger partial charge on any atom is 0.254 e. The summed E-state index contributed by atoms with van der Waals surface area (Å²) >= 11 is 0. The zero-order valence-corrected chi connectivity index (χ0v) is 12.1. The number of ether oxygens (including phenoxy) is 2. The van der Waals surface area contributed by atoms with Crippen LogP contribution in [-0.2, 0) is 9.47 Å². The van der Waals surface area contributed by atoms with Gasteiger partial charge in [-0.15, -0.1) is 0 Å². The molecule has 0 unspecified atom stereocenters. The molecule has 0 aliphatic rings. The number of nitrogens with one attached hydrogen (secondary N) is 1. The molecule has 112 valence electrons. The van der Waals surface area contributed by atoms with Gasteiger partial charge in [-0.1, -0.05) is 6.07 Å². The molecule has 0 saturated heterocycles. The zero-order valence-electron chi connectivity index (χ0n) is 12.1. The van der Waals surface area contributed by atoms with Gasteiger partial charge in [0.25, 0.3) is 5.91 Å². The molecule has 0 aliphatic carbocycles. The smallest absolute Gasteiger partial charge is 0.254 e. The van der Waals surface area contributed by atoms with E-state index in [-0.39, 0.29) is 11.5 Å². The van der Waals surface area contributed by atoms with Gasteiger partial charge in [0.1, 0.15) is 5.82 Å². The Morgan fingerprint density at radius 1 is 1.25 bits per heavy atom. The first-order chi connectivity index (χ1) is 9.65. The molecule has 0 atom stereocenters. The average Bonchev–Trinajstić information content (AvgIpc) is 2.41. The highest BCUT2D eigenvalue weighted by Crippen LogP contribution is 2.09. The number of halogens is 1. The van der Waals surface area contributed by atoms with Crippen LogP contribution in [0.15, 0.2) is 18.2 Å². The summed E-state index contributed by atoms with van der Waals surface area (Å²) in [5, 5.41) is 2.70. The molecule has 0 aromatic heterocycles. The number of methoxy groups -OCH3 is 1. The lowest BCUT2D eigenvalue weighted by Crippen LogP contribution is -2.25. The van der Waals surface area contributed by atoms with Crippen molar-refractivity contribution in [3.63, 3.8) is 0 Å². The molecular formula is C15H22FNO3. The Balaban J connectivity index is 2.17. The first-order valence-electron chi connectivity index (χ1n) is 6.76. The molecule has 0 radical (unpaired) electrons. The normalized spacial score (nSPS) is 10.6. The number of rotatable bonds is 9. The highest BCUT2D eigenvalue weighted by molar-refractivity contribution is 5.94. The molecule has 1 aromatic carbocycles. The summed E-state index contributed by atoms with van der Waals surface area (Å²) in [6.45, 7) is 4.10. The Morgan fingerprint density at radius 2 is 2.05 bits per heavy atom. The molecule has 20 heavy (non-hydrogen) atoms. The predicted molar refractivity (Wildman–Crippen MR) is 75.4 cm³/mol. The Hall–Kier alpha value is -1.46. The molecule has 4 nitrogen and oxygen atoms in total. The Bertz CT molecular complexity index is 424. The standard InChI is InChI=1S/C15H22FNO3/c1-12-5-6-13(14(16)11-12)15(18)17-7-3-4-8-20-10-9-19-2/h5-6,11H,3-4,7-10H2,1-2H3,(H,17,18). The molecule has 0 spiro atoms. The van der Waals surface area contributed by atoms with Crippen molar-refractivity contribution in [1.29, 1.82) is 0 Å². The van der Waals surface area contributed by atoms with E-state index in [0.29, 0.717) is 26.4 Å². The van der Waals surface area contributed by atoms with E-state index < -0.39 is 5.82 Å². The minimum atomic E-state index is -0.481. The van der Waals surface area contributed by atoms with E-state index in [1.165, 1.54) is 12.1 Å². The molecule has 0 aliphatic heterocycles. The molecule has 0 fully saturated rings. The monoisotopic (exact) mass is 283 g/mol. The van der Waals surface area contributed by atoms with Crippen LogP contribution in [0.1, 0.15) is 28.8 Å². The summed E-state index contributed by atoms with van der Waals surface area (Å²) in [6, 6.07) is 4.59. The molecule has 0 heterocycles. The van der Waals surface area contributed by atoms with E-state index in [1.807, 2.05) is 0 Å². The van der Waals surface area contributed by atoms with Gasteiger partial charge in [-0.3, -0.25) is 4.79 Å². The van der Waals surface area contributed by atoms with Gasteiger partial charge in [-0.25, -0.2) is 4.39 Å². The number of carbonyl (C=O) groups excluding carboxylic acids is 1. The van der Waals surface area contributed by atoms with Gasteiger partial charge >= 0.3 is 0 Å². The molecular weight excluding hydrogens is 261 g/mol. The molecule has 1 rings (SSSR count). The van der Waals surface area contributed by atoms with Crippen molar-refractivity contribution in [2.75, 3.05) is 33.5 Å². The third kappa shape index (κ3) is 6.12. The SMILES string of the molecule is COCCOCCCCNC(=O)c1ccc(C)cc1F. The lowest BCUT2D eigenvalue weighted by Gasteiger charge is -2.07. The fourth-order valence-corrected chi connectivity index (χ4v) is 1.67. The van der Waals surface area contributed by atoms with Crippen molar-refractivity contribution in [2.24, 2.45) is 0 Å². The van der Waals surface area contributed by atoms with E-state index in [9.17, 15) is 9.18 Å². The lowest BCUT2D eigenvalue weighted by molar-refractivity contribution is 0.0686. The average molecular weight is 283 g/mol. The van der Waals surface area contributed by atoms with Gasteiger partial charge in [-0.2, -0.15) is 0 Å². The summed E-state index contributed by atoms with van der Waals surface area (Å²) < 4.78 is 23.7. The minimum absolute atomic E-state index is 0.0898. The minimum Gasteiger partial charge on any atom is -0.382 e. The highest BCUT2D eigenvalue weighted by Gasteiger charge is 2.10. The number of amides is 1. The Morgan fingerprint density at radius 3 is 2.75 bits per heavy atom. The fourth-order valence-electron chi connectivity index (χ4n) is 1.67. The molecule has 1 aromatic rings. The van der Waals surface area contributed by atoms with Crippen molar-refractivity contribution in [3.05, 3.63) is 35.1 Å². The number of benzene rings is 1. The highest BCUT2D eigenvalue weighted by atomic mass is 19.1. The van der Waals surface area contributed by atoms with E-state index >= 15 is 0 Å². The third-order valence-electron chi connectivity index (χ3n) is 2.80. The van der Waals surface area contributed by atoms with Crippen LogP contribution in [0.5, 0.6) is 0 Å². The van der Waals surface area contributed by atoms with Crippen LogP contribution in [0.3, 0.4) is 0 Å². The van der Waals surface area contributed by atoms with E-state index in [2.05, 4.69) is 5.32 Å². The van der Waals surface area contributed by atoms with Crippen molar-refractivity contribution in [2.45, 2.75) is 19.8 Å². The van der Waals surface area contributed by atoms with Crippen molar-refractivity contribution in [1.82, 2.24) is 5.32 Å². The van der Waals surface area contributed by atoms with Gasteiger partial charge in [0.05, 0.1) is 18.8 Å². The topological polar surface area (TPSA) is 47.6 Å². The molecule has 0 bridgehead atoms. The third-order valence-corrected chi connectivity index (χ3v) is 2.80. The quantitative estimate of drug-likeness (QED) is 0.707. The van der Waals surface area contributed by atoms with Crippen LogP contribution in [0.2, 0.25) is 0 Å². The first-order valence-corrected chi connectivity index (χ1v) is 6.76. The van der Waals surface area contributed by atoms with Crippen LogP contribution in [-0.4, -0.2) is 39.4 Å². The summed E-state index contributed by atoms with van der Waals surface area (Å²) in [5.74, 6) is -0.854. The van der Waals surface area contributed by atoms with Crippen LogP contribution < -0.4 is 5.32 Å². The second-order valence-electron chi connectivity index (χ2n) is 4.55. The van der Waals surface area contributed by atoms with Gasteiger partial charge < -0.3 is 14.8 Å². The zero-order chi connectivity index (χ0) is 14.8. The van der Waals surface area contributed by atoms with Crippen molar-refractivity contribution >= 4 is 5.91 Å². The number of hydrogen-bond donors (Lipinski definition) is 1. The number of aryl methyl sites for hydroxylation is 1. The van der Waals surface area contributed by atoms with Crippen LogP contribution in [0.25, 0.3) is 0 Å². The van der Waals surface area contributed by atoms with Crippen LogP contribution in [0, 0.1) is 12.7 Å². The maximum absolute atomic E-state index is 13.6. The maximum atomic E-state index is 13.6.